The van der Waals surface area contributed by atoms with E-state index in [-0.39, 0.29) is 17.2 Å². The van der Waals surface area contributed by atoms with E-state index < -0.39 is 0 Å². The van der Waals surface area contributed by atoms with Crippen molar-refractivity contribution in [3.8, 4) is 0 Å². The molecule has 23 heavy (non-hydrogen) atoms. The third-order valence-corrected chi connectivity index (χ3v) is 4.03. The summed E-state index contributed by atoms with van der Waals surface area (Å²) in [6.45, 7) is 1.84. The van der Waals surface area contributed by atoms with Crippen LogP contribution in [0, 0.1) is 0 Å². The smallest absolute Gasteiger partial charge is 0.273 e. The average molecular weight is 330 g/mol. The van der Waals surface area contributed by atoms with E-state index in [1.54, 1.807) is 49.6 Å². The molecule has 2 aromatic heterocycles. The summed E-state index contributed by atoms with van der Waals surface area (Å²) in [5, 5.41) is 4.55. The first-order valence-electron chi connectivity index (χ1n) is 7.20. The average Bonchev–Trinajstić information content (AvgIpc) is 2.51. The predicted octanol–water partition coefficient (Wildman–Crippen LogP) is 3.05. The van der Waals surface area contributed by atoms with E-state index >= 15 is 0 Å². The van der Waals surface area contributed by atoms with Crippen LogP contribution in [0.1, 0.15) is 18.5 Å². The number of fused-ring (bicyclic) bond motifs is 1. The fourth-order valence-corrected chi connectivity index (χ4v) is 2.71. The van der Waals surface area contributed by atoms with Crippen molar-refractivity contribution < 1.29 is 0 Å². The van der Waals surface area contributed by atoms with Crippen molar-refractivity contribution in [3.63, 3.8) is 0 Å². The van der Waals surface area contributed by atoms with Gasteiger partial charge in [0, 0.05) is 34.7 Å². The van der Waals surface area contributed by atoms with Crippen molar-refractivity contribution in [2.24, 2.45) is 7.05 Å². The van der Waals surface area contributed by atoms with Crippen LogP contribution in [0.25, 0.3) is 10.9 Å². The molecule has 1 atom stereocenters. The van der Waals surface area contributed by atoms with Gasteiger partial charge in [-0.05, 0) is 43.3 Å². The molecular formula is C17H16ClN3O2. The van der Waals surface area contributed by atoms with E-state index in [9.17, 15) is 9.59 Å². The molecule has 2 N–H and O–H groups in total. The Kier molecular flexibility index (Phi) is 3.96. The van der Waals surface area contributed by atoms with Gasteiger partial charge in [0.2, 0.25) is 0 Å². The summed E-state index contributed by atoms with van der Waals surface area (Å²) >= 11 is 6.01. The van der Waals surface area contributed by atoms with Gasteiger partial charge in [0.15, 0.2) is 0 Å². The Hall–Kier alpha value is -2.53. The van der Waals surface area contributed by atoms with Gasteiger partial charge >= 0.3 is 0 Å². The zero-order chi connectivity index (χ0) is 16.6. The second-order valence-electron chi connectivity index (χ2n) is 5.49. The third kappa shape index (κ3) is 3.00. The van der Waals surface area contributed by atoms with Crippen LogP contribution in [0.2, 0.25) is 5.02 Å². The largest absolute Gasteiger partial charge is 0.374 e. The Morgan fingerprint density at radius 2 is 2.00 bits per heavy atom. The Labute approximate surface area is 137 Å². The van der Waals surface area contributed by atoms with Gasteiger partial charge in [-0.15, -0.1) is 0 Å². The summed E-state index contributed by atoms with van der Waals surface area (Å²) in [4.78, 5) is 27.2. The molecule has 0 aliphatic carbocycles. The molecule has 1 aromatic carbocycles. The Morgan fingerprint density at radius 1 is 1.22 bits per heavy atom. The quantitative estimate of drug-likeness (QED) is 0.776. The van der Waals surface area contributed by atoms with E-state index in [1.807, 2.05) is 6.92 Å². The van der Waals surface area contributed by atoms with Gasteiger partial charge in [0.05, 0.1) is 6.04 Å². The number of anilines is 1. The normalized spacial score (nSPS) is 12.3. The van der Waals surface area contributed by atoms with Crippen molar-refractivity contribution in [1.29, 1.82) is 0 Å². The molecule has 0 bridgehead atoms. The van der Waals surface area contributed by atoms with E-state index in [0.717, 1.165) is 10.9 Å². The maximum absolute atomic E-state index is 12.3. The predicted molar refractivity (Wildman–Crippen MR) is 93.3 cm³/mol. The van der Waals surface area contributed by atoms with Gasteiger partial charge in [0.25, 0.3) is 11.1 Å². The molecule has 0 saturated heterocycles. The van der Waals surface area contributed by atoms with Crippen molar-refractivity contribution >= 4 is 28.2 Å². The number of aromatic amines is 1. The number of aromatic nitrogens is 2. The highest BCUT2D eigenvalue weighted by Gasteiger charge is 2.13. The molecule has 0 radical (unpaired) electrons. The Balaban J connectivity index is 2.02. The molecule has 0 aliphatic rings. The molecule has 2 heterocycles. The number of H-pyrrole nitrogens is 1. The van der Waals surface area contributed by atoms with Crippen LogP contribution in [0.3, 0.4) is 0 Å². The molecular weight excluding hydrogens is 314 g/mol. The molecule has 0 fully saturated rings. The summed E-state index contributed by atoms with van der Waals surface area (Å²) in [7, 11) is 1.68. The highest BCUT2D eigenvalue weighted by atomic mass is 35.5. The summed E-state index contributed by atoms with van der Waals surface area (Å²) < 4.78 is 1.49. The lowest BCUT2D eigenvalue weighted by atomic mass is 10.1. The number of nitrogens with zero attached hydrogens (tertiary/aromatic N) is 1. The lowest BCUT2D eigenvalue weighted by Gasteiger charge is -2.15. The fourth-order valence-electron chi connectivity index (χ4n) is 2.53. The standard InChI is InChI=1S/C17H16ClN3O2/c1-10(19-15-4-3-7-21(2)17(15)23)13-9-11-8-12(18)5-6-14(11)20-16(13)22/h3-10,19H,1-2H3,(H,20,22)/t10-/m0/s1. The molecule has 0 unspecified atom stereocenters. The third-order valence-electron chi connectivity index (χ3n) is 3.80. The molecule has 0 aliphatic heterocycles. The highest BCUT2D eigenvalue weighted by Crippen LogP contribution is 2.20. The van der Waals surface area contributed by atoms with E-state index in [2.05, 4.69) is 10.3 Å². The van der Waals surface area contributed by atoms with Gasteiger partial charge in [-0.3, -0.25) is 9.59 Å². The number of halogens is 1. The molecule has 0 spiro atoms. The lowest BCUT2D eigenvalue weighted by molar-refractivity contribution is 0.828. The van der Waals surface area contributed by atoms with Crippen molar-refractivity contribution in [2.75, 3.05) is 5.32 Å². The second kappa shape index (κ2) is 5.93. The summed E-state index contributed by atoms with van der Waals surface area (Å²) in [6, 6.07) is 10.3. The molecule has 0 amide bonds. The second-order valence-corrected chi connectivity index (χ2v) is 5.93. The number of benzene rings is 1. The zero-order valence-electron chi connectivity index (χ0n) is 12.8. The minimum Gasteiger partial charge on any atom is -0.374 e. The number of hydrogen-bond donors (Lipinski definition) is 2. The summed E-state index contributed by atoms with van der Waals surface area (Å²) in [5.41, 5.74) is 1.40. The van der Waals surface area contributed by atoms with E-state index in [1.165, 1.54) is 4.57 Å². The van der Waals surface area contributed by atoms with Crippen LogP contribution in [0.15, 0.2) is 52.2 Å². The SMILES string of the molecule is C[C@H](Nc1cccn(C)c1=O)c1cc2cc(Cl)ccc2[nH]c1=O. The number of rotatable bonds is 3. The number of nitrogens with one attached hydrogen (secondary N) is 2. The van der Waals surface area contributed by atoms with E-state index in [4.69, 9.17) is 11.6 Å². The molecule has 5 nitrogen and oxygen atoms in total. The van der Waals surface area contributed by atoms with Crippen LogP contribution in [-0.2, 0) is 7.05 Å². The number of hydrogen-bond acceptors (Lipinski definition) is 3. The van der Waals surface area contributed by atoms with Gasteiger partial charge in [-0.25, -0.2) is 0 Å². The first-order valence-corrected chi connectivity index (χ1v) is 7.58. The Morgan fingerprint density at radius 3 is 2.78 bits per heavy atom. The van der Waals surface area contributed by atoms with Crippen LogP contribution < -0.4 is 16.4 Å². The van der Waals surface area contributed by atoms with Gasteiger partial charge in [-0.1, -0.05) is 11.6 Å². The van der Waals surface area contributed by atoms with Gasteiger partial charge < -0.3 is 14.9 Å². The molecule has 118 valence electrons. The number of aryl methyl sites for hydroxylation is 1. The maximum atomic E-state index is 12.3. The van der Waals surface area contributed by atoms with Crippen molar-refractivity contribution in [1.82, 2.24) is 9.55 Å². The van der Waals surface area contributed by atoms with Crippen LogP contribution >= 0.6 is 11.6 Å². The van der Waals surface area contributed by atoms with Crippen LogP contribution in [-0.4, -0.2) is 9.55 Å². The topological polar surface area (TPSA) is 66.9 Å². The lowest BCUT2D eigenvalue weighted by Crippen LogP contribution is -2.24. The molecule has 0 saturated carbocycles. The Bertz CT molecular complexity index is 991. The number of pyridine rings is 2. The molecule has 6 heteroatoms. The molecule has 3 aromatic rings. The van der Waals surface area contributed by atoms with Crippen LogP contribution in [0.5, 0.6) is 0 Å². The minimum absolute atomic E-state index is 0.139. The van der Waals surface area contributed by atoms with Crippen molar-refractivity contribution in [3.05, 3.63) is 73.9 Å². The molecule has 3 rings (SSSR count). The maximum Gasteiger partial charge on any atom is 0.273 e. The van der Waals surface area contributed by atoms with Gasteiger partial charge in [-0.2, -0.15) is 0 Å². The monoisotopic (exact) mass is 329 g/mol. The summed E-state index contributed by atoms with van der Waals surface area (Å²) in [6.07, 6.45) is 1.68. The van der Waals surface area contributed by atoms with E-state index in [0.29, 0.717) is 16.3 Å². The van der Waals surface area contributed by atoms with Crippen LogP contribution in [0.4, 0.5) is 5.69 Å². The first-order chi connectivity index (χ1) is 11.0. The minimum atomic E-state index is -0.322. The highest BCUT2D eigenvalue weighted by molar-refractivity contribution is 6.31. The fraction of sp³-hybridized carbons (Fsp3) is 0.176. The van der Waals surface area contributed by atoms with Crippen molar-refractivity contribution in [2.45, 2.75) is 13.0 Å². The summed E-state index contributed by atoms with van der Waals surface area (Å²) in [5.74, 6) is 0. The first kappa shape index (κ1) is 15.4. The van der Waals surface area contributed by atoms with Gasteiger partial charge in [0.1, 0.15) is 5.69 Å². The zero-order valence-corrected chi connectivity index (χ0v) is 13.5.